The predicted octanol–water partition coefficient (Wildman–Crippen LogP) is 6.88. The summed E-state index contributed by atoms with van der Waals surface area (Å²) >= 11 is 6.33. The van der Waals surface area contributed by atoms with E-state index in [2.05, 4.69) is 15.3 Å². The number of hydrogen-bond acceptors (Lipinski definition) is 3. The number of alkyl halides is 1. The van der Waals surface area contributed by atoms with Crippen molar-refractivity contribution in [3.8, 4) is 5.75 Å². The summed E-state index contributed by atoms with van der Waals surface area (Å²) < 4.78 is 13.5. The predicted molar refractivity (Wildman–Crippen MR) is 155 cm³/mol. The molecule has 0 unspecified atom stereocenters. The van der Waals surface area contributed by atoms with Crippen molar-refractivity contribution in [2.24, 2.45) is 0 Å². The van der Waals surface area contributed by atoms with Crippen molar-refractivity contribution in [3.05, 3.63) is 102 Å². The molecule has 4 aromatic carbocycles. The first-order valence-electron chi connectivity index (χ1n) is 12.7. The lowest BCUT2D eigenvalue weighted by Gasteiger charge is -2.17. The quantitative estimate of drug-likeness (QED) is 0.179. The molecule has 1 aliphatic heterocycles. The number of amides is 2. The molecule has 6 aromatic rings. The van der Waals surface area contributed by atoms with Crippen LogP contribution in [0.5, 0.6) is 5.75 Å². The van der Waals surface area contributed by atoms with E-state index < -0.39 is 0 Å². The van der Waals surface area contributed by atoms with Gasteiger partial charge in [-0.2, -0.15) is 0 Å². The van der Waals surface area contributed by atoms with Gasteiger partial charge in [-0.05, 0) is 59.5 Å². The molecular weight excluding hydrogens is 531 g/mol. The molecule has 0 radical (unpaired) electrons. The Morgan fingerprint density at radius 2 is 1.62 bits per heavy atom. The number of H-pyrrole nitrogens is 2. The molecule has 0 saturated carbocycles. The van der Waals surface area contributed by atoms with Crippen molar-refractivity contribution in [2.45, 2.75) is 5.92 Å². The van der Waals surface area contributed by atoms with Crippen LogP contribution in [0.3, 0.4) is 0 Å². The number of aromatic nitrogens is 2. The molecule has 0 fully saturated rings. The minimum atomic E-state index is -0.373. The van der Waals surface area contributed by atoms with Crippen molar-refractivity contribution >= 4 is 67.4 Å². The van der Waals surface area contributed by atoms with Crippen LogP contribution < -0.4 is 10.2 Å². The van der Waals surface area contributed by atoms with Crippen LogP contribution in [0, 0.1) is 5.82 Å². The van der Waals surface area contributed by atoms with E-state index in [1.165, 1.54) is 12.1 Å². The number of nitrogens with one attached hydrogen (secondary N) is 3. The highest BCUT2D eigenvalue weighted by molar-refractivity contribution is 6.19. The van der Waals surface area contributed by atoms with Gasteiger partial charge in [0.05, 0.1) is 5.69 Å². The van der Waals surface area contributed by atoms with E-state index in [0.717, 1.165) is 27.2 Å². The van der Waals surface area contributed by atoms with E-state index in [1.807, 2.05) is 24.3 Å². The lowest BCUT2D eigenvalue weighted by atomic mass is 9.95. The zero-order chi connectivity index (χ0) is 27.5. The number of phenolic OH excluding ortho intramolecular Hbond substituents is 1. The zero-order valence-electron chi connectivity index (χ0n) is 21.0. The molecule has 2 aromatic heterocycles. The molecule has 40 heavy (non-hydrogen) atoms. The highest BCUT2D eigenvalue weighted by Gasteiger charge is 2.35. The summed E-state index contributed by atoms with van der Waals surface area (Å²) in [5.41, 5.74) is 4.24. The number of nitrogens with zero attached hydrogens (tertiary/aromatic N) is 1. The van der Waals surface area contributed by atoms with Crippen LogP contribution in [0.4, 0.5) is 15.8 Å². The van der Waals surface area contributed by atoms with Crippen LogP contribution in [0.1, 0.15) is 32.5 Å². The minimum absolute atomic E-state index is 0.0709. The second-order valence-electron chi connectivity index (χ2n) is 9.99. The lowest BCUT2D eigenvalue weighted by molar-refractivity contribution is 0.0982. The number of benzene rings is 4. The number of fused-ring (bicyclic) bond motifs is 5. The SMILES string of the molecule is O=C(Nc1ccc2[nH]c(C(=O)N3C[C@@H](CCl)c4c3cc(O)c3ccccc43)cc2c1)c1cc2cc(F)ccc2[nH]1. The first-order chi connectivity index (χ1) is 19.4. The number of carbonyl (C=O) groups excluding carboxylic acids is 2. The molecule has 1 aliphatic rings. The second-order valence-corrected chi connectivity index (χ2v) is 10.3. The largest absolute Gasteiger partial charge is 0.507 e. The Kier molecular flexibility index (Phi) is 5.54. The van der Waals surface area contributed by atoms with Crippen LogP contribution >= 0.6 is 11.6 Å². The van der Waals surface area contributed by atoms with Crippen molar-refractivity contribution in [1.29, 1.82) is 0 Å². The summed E-state index contributed by atoms with van der Waals surface area (Å²) in [4.78, 5) is 34.4. The van der Waals surface area contributed by atoms with Crippen molar-refractivity contribution in [1.82, 2.24) is 9.97 Å². The van der Waals surface area contributed by atoms with Gasteiger partial charge >= 0.3 is 0 Å². The van der Waals surface area contributed by atoms with E-state index in [9.17, 15) is 19.1 Å². The summed E-state index contributed by atoms with van der Waals surface area (Å²) in [5, 5.41) is 16.5. The third kappa shape index (κ3) is 3.87. The Labute approximate surface area is 232 Å². The normalized spacial score (nSPS) is 14.8. The van der Waals surface area contributed by atoms with Crippen LogP contribution in [0.25, 0.3) is 32.6 Å². The van der Waals surface area contributed by atoms with Gasteiger partial charge in [-0.1, -0.05) is 24.3 Å². The van der Waals surface area contributed by atoms with E-state index in [0.29, 0.717) is 46.1 Å². The van der Waals surface area contributed by atoms with Gasteiger partial charge in [-0.15, -0.1) is 11.6 Å². The third-order valence-corrected chi connectivity index (χ3v) is 7.88. The zero-order valence-corrected chi connectivity index (χ0v) is 21.7. The van der Waals surface area contributed by atoms with Crippen molar-refractivity contribution in [3.63, 3.8) is 0 Å². The van der Waals surface area contributed by atoms with Gasteiger partial charge in [0.25, 0.3) is 11.8 Å². The highest BCUT2D eigenvalue weighted by Crippen LogP contribution is 2.45. The number of phenols is 1. The maximum Gasteiger partial charge on any atom is 0.274 e. The van der Waals surface area contributed by atoms with Gasteiger partial charge in [-0.3, -0.25) is 9.59 Å². The third-order valence-electron chi connectivity index (χ3n) is 7.51. The number of carbonyl (C=O) groups is 2. The van der Waals surface area contributed by atoms with Gasteiger partial charge in [-0.25, -0.2) is 4.39 Å². The molecule has 198 valence electrons. The highest BCUT2D eigenvalue weighted by atomic mass is 35.5. The van der Waals surface area contributed by atoms with Gasteiger partial charge < -0.3 is 25.3 Å². The minimum Gasteiger partial charge on any atom is -0.507 e. The van der Waals surface area contributed by atoms with Crippen LogP contribution in [0.2, 0.25) is 0 Å². The molecule has 1 atom stereocenters. The van der Waals surface area contributed by atoms with Crippen LogP contribution in [-0.2, 0) is 0 Å². The molecule has 0 saturated heterocycles. The van der Waals surface area contributed by atoms with Gasteiger partial charge in [0.1, 0.15) is 23.0 Å². The summed E-state index contributed by atoms with van der Waals surface area (Å²) in [6.07, 6.45) is 0. The average molecular weight is 553 g/mol. The smallest absolute Gasteiger partial charge is 0.274 e. The van der Waals surface area contributed by atoms with Crippen molar-refractivity contribution < 1.29 is 19.1 Å². The Hall–Kier alpha value is -4.82. The maximum absolute atomic E-state index is 13.7. The molecule has 0 bridgehead atoms. The number of hydrogen-bond donors (Lipinski definition) is 4. The van der Waals surface area contributed by atoms with Crippen molar-refractivity contribution in [2.75, 3.05) is 22.6 Å². The molecule has 3 heterocycles. The molecule has 9 heteroatoms. The molecule has 0 aliphatic carbocycles. The number of rotatable bonds is 4. The van der Waals surface area contributed by atoms with E-state index >= 15 is 0 Å². The molecule has 2 amide bonds. The Bertz CT molecular complexity index is 2000. The van der Waals surface area contributed by atoms with Gasteiger partial charge in [0.2, 0.25) is 0 Å². The first kappa shape index (κ1) is 24.2. The summed E-state index contributed by atoms with van der Waals surface area (Å²) in [6.45, 7) is 0.399. The van der Waals surface area contributed by atoms with Crippen LogP contribution in [0.15, 0.2) is 78.9 Å². The van der Waals surface area contributed by atoms with E-state index in [-0.39, 0.29) is 29.3 Å². The molecule has 0 spiro atoms. The summed E-state index contributed by atoms with van der Waals surface area (Å²) in [6, 6.07) is 22.1. The molecular formula is C31H22ClFN4O3. The average Bonchev–Trinajstić information content (AvgIpc) is 3.67. The Morgan fingerprint density at radius 3 is 2.42 bits per heavy atom. The van der Waals surface area contributed by atoms with E-state index in [1.54, 1.807) is 47.4 Å². The first-order valence-corrected chi connectivity index (χ1v) is 13.3. The number of aromatic amines is 2. The topological polar surface area (TPSA) is 101 Å². The number of halogens is 2. The number of aromatic hydroxyl groups is 1. The molecule has 7 nitrogen and oxygen atoms in total. The monoisotopic (exact) mass is 552 g/mol. The molecule has 4 N–H and O–H groups in total. The van der Waals surface area contributed by atoms with E-state index in [4.69, 9.17) is 11.6 Å². The Balaban J connectivity index is 1.18. The number of anilines is 2. The summed E-state index contributed by atoms with van der Waals surface area (Å²) in [7, 11) is 0. The van der Waals surface area contributed by atoms with Gasteiger partial charge in [0, 0.05) is 57.3 Å². The fraction of sp³-hybridized carbons (Fsp3) is 0.0968. The molecule has 7 rings (SSSR count). The van der Waals surface area contributed by atoms with Crippen LogP contribution in [-0.4, -0.2) is 39.3 Å². The second kappa shape index (κ2) is 9.14. The lowest BCUT2D eigenvalue weighted by Crippen LogP contribution is -2.30. The van der Waals surface area contributed by atoms with Gasteiger partial charge in [0.15, 0.2) is 0 Å². The Morgan fingerprint density at radius 1 is 0.925 bits per heavy atom. The maximum atomic E-state index is 13.7. The summed E-state index contributed by atoms with van der Waals surface area (Å²) in [5.74, 6) is -0.598. The fourth-order valence-corrected chi connectivity index (χ4v) is 5.89. The fourth-order valence-electron chi connectivity index (χ4n) is 5.64. The standard InChI is InChI=1S/C31H22ClFN4O3/c32-14-18-15-37(27-13-28(38)21-3-1-2-4-22(21)29(18)27)31(40)26-12-17-10-20(6-8-24(17)36-26)34-30(39)25-11-16-9-19(33)5-7-23(16)35-25/h1-13,18,35-36,38H,14-15H2,(H,34,39)/t18-/m1/s1.